The molecule has 0 heterocycles. The van der Waals surface area contributed by atoms with Crippen LogP contribution in [0.5, 0.6) is 0 Å². The number of rotatable bonds is 6. The van der Waals surface area contributed by atoms with Crippen molar-refractivity contribution in [2.75, 3.05) is 0 Å². The smallest absolute Gasteiger partial charge is 0.331 e. The first kappa shape index (κ1) is 18.5. The molecule has 2 aromatic carbocycles. The average Bonchev–Trinajstić information content (AvgIpc) is 2.59. The van der Waals surface area contributed by atoms with Crippen LogP contribution in [0, 0.1) is 13.8 Å². The summed E-state index contributed by atoms with van der Waals surface area (Å²) in [5.41, 5.74) is 4.18. The van der Waals surface area contributed by atoms with Gasteiger partial charge in [-0.3, -0.25) is 4.79 Å². The molecule has 4 heteroatoms. The summed E-state index contributed by atoms with van der Waals surface area (Å²) in [4.78, 5) is 23.9. The summed E-state index contributed by atoms with van der Waals surface area (Å²) in [6, 6.07) is 15.6. The molecule has 0 spiro atoms. The van der Waals surface area contributed by atoms with E-state index in [1.165, 1.54) is 6.08 Å². The van der Waals surface area contributed by atoms with Crippen molar-refractivity contribution in [1.82, 2.24) is 5.32 Å². The van der Waals surface area contributed by atoms with E-state index in [0.29, 0.717) is 6.54 Å². The quantitative estimate of drug-likeness (QED) is 0.648. The van der Waals surface area contributed by atoms with Gasteiger partial charge in [0.15, 0.2) is 6.10 Å². The number of ether oxygens (including phenoxy) is 1. The molecule has 0 aliphatic heterocycles. The Morgan fingerprint density at radius 2 is 1.80 bits per heavy atom. The number of carbonyl (C=O) groups is 2. The Labute approximate surface area is 148 Å². The van der Waals surface area contributed by atoms with Crippen LogP contribution < -0.4 is 5.32 Å². The van der Waals surface area contributed by atoms with Gasteiger partial charge in [-0.1, -0.05) is 59.7 Å². The third-order valence-corrected chi connectivity index (χ3v) is 3.70. The lowest BCUT2D eigenvalue weighted by Crippen LogP contribution is -2.35. The van der Waals surface area contributed by atoms with E-state index in [2.05, 4.69) is 5.32 Å². The Kier molecular flexibility index (Phi) is 6.52. The number of nitrogens with one attached hydrogen (secondary N) is 1. The molecule has 1 amide bonds. The van der Waals surface area contributed by atoms with E-state index in [0.717, 1.165) is 22.3 Å². The van der Waals surface area contributed by atoms with E-state index in [-0.39, 0.29) is 5.91 Å². The Morgan fingerprint density at radius 3 is 2.48 bits per heavy atom. The summed E-state index contributed by atoms with van der Waals surface area (Å²) >= 11 is 0. The van der Waals surface area contributed by atoms with Gasteiger partial charge >= 0.3 is 5.97 Å². The molecule has 130 valence electrons. The van der Waals surface area contributed by atoms with Crippen molar-refractivity contribution >= 4 is 18.0 Å². The summed E-state index contributed by atoms with van der Waals surface area (Å²) in [5.74, 6) is -0.864. The molecule has 1 N–H and O–H groups in total. The SMILES string of the molecule is Cc1ccc(CNC(=O)[C@@H](C)OC(=O)/C=C/c2cccc(C)c2)cc1. The lowest BCUT2D eigenvalue weighted by Gasteiger charge is -2.12. The highest BCUT2D eigenvalue weighted by atomic mass is 16.5. The zero-order valence-corrected chi connectivity index (χ0v) is 14.8. The highest BCUT2D eigenvalue weighted by Crippen LogP contribution is 2.07. The van der Waals surface area contributed by atoms with Crippen molar-refractivity contribution in [2.45, 2.75) is 33.4 Å². The molecule has 0 bridgehead atoms. The van der Waals surface area contributed by atoms with E-state index in [1.54, 1.807) is 13.0 Å². The van der Waals surface area contributed by atoms with Crippen molar-refractivity contribution in [3.8, 4) is 0 Å². The Bertz CT molecular complexity index is 763. The molecule has 0 aliphatic carbocycles. The molecule has 0 radical (unpaired) electrons. The van der Waals surface area contributed by atoms with Gasteiger partial charge in [0.2, 0.25) is 0 Å². The first-order valence-electron chi connectivity index (χ1n) is 8.22. The van der Waals surface area contributed by atoms with Crippen LogP contribution in [-0.4, -0.2) is 18.0 Å². The lowest BCUT2D eigenvalue weighted by atomic mass is 10.1. The van der Waals surface area contributed by atoms with Gasteiger partial charge in [0, 0.05) is 12.6 Å². The molecule has 2 aromatic rings. The number of benzene rings is 2. The van der Waals surface area contributed by atoms with Crippen molar-refractivity contribution in [1.29, 1.82) is 0 Å². The number of carbonyl (C=O) groups excluding carboxylic acids is 2. The minimum atomic E-state index is -0.847. The largest absolute Gasteiger partial charge is 0.449 e. The maximum atomic E-state index is 12.0. The summed E-state index contributed by atoms with van der Waals surface area (Å²) in [6.07, 6.45) is 2.16. The fraction of sp³-hybridized carbons (Fsp3) is 0.238. The highest BCUT2D eigenvalue weighted by molar-refractivity contribution is 5.90. The van der Waals surface area contributed by atoms with Gasteiger partial charge in [-0.2, -0.15) is 0 Å². The molecule has 0 saturated carbocycles. The summed E-state index contributed by atoms with van der Waals surface area (Å²) < 4.78 is 5.13. The predicted octanol–water partition coefficient (Wildman–Crippen LogP) is 3.56. The maximum Gasteiger partial charge on any atom is 0.331 e. The molecule has 2 rings (SSSR count). The standard InChI is InChI=1S/C21H23NO3/c1-15-7-9-19(10-8-15)14-22-21(24)17(3)25-20(23)12-11-18-6-4-5-16(2)13-18/h4-13,17H,14H2,1-3H3,(H,22,24)/b12-11+/t17-/m1/s1. The lowest BCUT2D eigenvalue weighted by molar-refractivity contribution is -0.150. The van der Waals surface area contributed by atoms with Crippen molar-refractivity contribution < 1.29 is 14.3 Å². The van der Waals surface area contributed by atoms with Crippen LogP contribution >= 0.6 is 0 Å². The third kappa shape index (κ3) is 6.26. The van der Waals surface area contributed by atoms with Crippen LogP contribution in [0.15, 0.2) is 54.6 Å². The van der Waals surface area contributed by atoms with Crippen LogP contribution in [-0.2, 0) is 20.9 Å². The number of hydrogen-bond donors (Lipinski definition) is 1. The average molecular weight is 337 g/mol. The van der Waals surface area contributed by atoms with E-state index >= 15 is 0 Å². The van der Waals surface area contributed by atoms with E-state index < -0.39 is 12.1 Å². The van der Waals surface area contributed by atoms with Crippen LogP contribution in [0.3, 0.4) is 0 Å². The molecule has 0 aromatic heterocycles. The summed E-state index contributed by atoms with van der Waals surface area (Å²) in [7, 11) is 0. The van der Waals surface area contributed by atoms with E-state index in [1.807, 2.05) is 62.4 Å². The molecule has 25 heavy (non-hydrogen) atoms. The summed E-state index contributed by atoms with van der Waals surface area (Å²) in [6.45, 7) is 5.95. The summed E-state index contributed by atoms with van der Waals surface area (Å²) in [5, 5.41) is 2.76. The topological polar surface area (TPSA) is 55.4 Å². The minimum Gasteiger partial charge on any atom is -0.449 e. The molecule has 0 aliphatic rings. The van der Waals surface area contributed by atoms with E-state index in [4.69, 9.17) is 4.74 Å². The van der Waals surface area contributed by atoms with Crippen LogP contribution in [0.25, 0.3) is 6.08 Å². The van der Waals surface area contributed by atoms with Gasteiger partial charge in [0.25, 0.3) is 5.91 Å². The number of esters is 1. The predicted molar refractivity (Wildman–Crippen MR) is 98.8 cm³/mol. The van der Waals surface area contributed by atoms with Gasteiger partial charge in [-0.25, -0.2) is 4.79 Å². The number of amides is 1. The molecule has 1 atom stereocenters. The van der Waals surface area contributed by atoms with Crippen molar-refractivity contribution in [3.63, 3.8) is 0 Å². The fourth-order valence-electron chi connectivity index (χ4n) is 2.24. The molecular weight excluding hydrogens is 314 g/mol. The van der Waals surface area contributed by atoms with Gasteiger partial charge in [0.05, 0.1) is 0 Å². The first-order valence-corrected chi connectivity index (χ1v) is 8.22. The number of hydrogen-bond acceptors (Lipinski definition) is 3. The van der Waals surface area contributed by atoms with Crippen LogP contribution in [0.1, 0.15) is 29.2 Å². The number of aryl methyl sites for hydroxylation is 2. The first-order chi connectivity index (χ1) is 11.9. The molecule has 0 saturated heterocycles. The van der Waals surface area contributed by atoms with Crippen molar-refractivity contribution in [2.24, 2.45) is 0 Å². The minimum absolute atomic E-state index is 0.321. The third-order valence-electron chi connectivity index (χ3n) is 3.70. The highest BCUT2D eigenvalue weighted by Gasteiger charge is 2.15. The van der Waals surface area contributed by atoms with Gasteiger partial charge in [0.1, 0.15) is 0 Å². The van der Waals surface area contributed by atoms with Crippen LogP contribution in [0.2, 0.25) is 0 Å². The van der Waals surface area contributed by atoms with Crippen LogP contribution in [0.4, 0.5) is 0 Å². The second-order valence-electron chi connectivity index (χ2n) is 6.03. The maximum absolute atomic E-state index is 12.0. The van der Waals surface area contributed by atoms with Crippen molar-refractivity contribution in [3.05, 3.63) is 76.9 Å². The molecule has 0 unspecified atom stereocenters. The zero-order chi connectivity index (χ0) is 18.2. The van der Waals surface area contributed by atoms with Gasteiger partial charge < -0.3 is 10.1 Å². The normalized spacial score (nSPS) is 12.0. The van der Waals surface area contributed by atoms with Gasteiger partial charge in [-0.15, -0.1) is 0 Å². The van der Waals surface area contributed by atoms with Gasteiger partial charge in [-0.05, 0) is 38.0 Å². The van der Waals surface area contributed by atoms with E-state index in [9.17, 15) is 9.59 Å². The molecule has 4 nitrogen and oxygen atoms in total. The Morgan fingerprint density at radius 1 is 1.08 bits per heavy atom. The second-order valence-corrected chi connectivity index (χ2v) is 6.03. The second kappa shape index (κ2) is 8.83. The Balaban J connectivity index is 1.81. The fourth-order valence-corrected chi connectivity index (χ4v) is 2.24. The monoisotopic (exact) mass is 337 g/mol. The molecule has 0 fully saturated rings. The molecular formula is C21H23NO3. The zero-order valence-electron chi connectivity index (χ0n) is 14.8. The Hall–Kier alpha value is -2.88.